The molecule has 1 aromatic heterocycles. The van der Waals surface area contributed by atoms with E-state index in [9.17, 15) is 21.6 Å². The summed E-state index contributed by atoms with van der Waals surface area (Å²) in [6.45, 7) is 0. The van der Waals surface area contributed by atoms with E-state index in [2.05, 4.69) is 6.07 Å². The number of hydrogen-bond acceptors (Lipinski definition) is 6. The summed E-state index contributed by atoms with van der Waals surface area (Å²) >= 11 is 0. The predicted octanol–water partition coefficient (Wildman–Crippen LogP) is 11.9. The van der Waals surface area contributed by atoms with Crippen LogP contribution in [0, 0.1) is 0 Å². The van der Waals surface area contributed by atoms with Gasteiger partial charge in [-0.25, -0.2) is 0 Å². The zero-order valence-corrected chi connectivity index (χ0v) is 27.5. The second-order valence-corrected chi connectivity index (χ2v) is 13.3. The van der Waals surface area contributed by atoms with Gasteiger partial charge in [0.25, 0.3) is 0 Å². The number of para-hydroxylation sites is 3. The van der Waals surface area contributed by atoms with E-state index in [0.29, 0.717) is 27.7 Å². The van der Waals surface area contributed by atoms with Crippen molar-refractivity contribution in [1.82, 2.24) is 0 Å². The van der Waals surface area contributed by atoms with E-state index in [1.165, 1.54) is 6.07 Å². The van der Waals surface area contributed by atoms with Gasteiger partial charge in [-0.1, -0.05) is 91.0 Å². The Bertz CT molecular complexity index is 2590. The fraction of sp³-hybridized carbons (Fsp3) is 0.0244. The Labute approximate surface area is 291 Å². The number of halogens is 3. The smallest absolute Gasteiger partial charge is 0.452 e. The van der Waals surface area contributed by atoms with Crippen LogP contribution in [-0.4, -0.2) is 13.9 Å². The van der Waals surface area contributed by atoms with Gasteiger partial charge >= 0.3 is 15.6 Å². The second kappa shape index (κ2) is 12.6. The van der Waals surface area contributed by atoms with Crippen LogP contribution in [0.1, 0.15) is 0 Å². The molecule has 6 nitrogen and oxygen atoms in total. The van der Waals surface area contributed by atoms with Crippen molar-refractivity contribution in [2.24, 2.45) is 0 Å². The molecule has 0 atom stereocenters. The highest BCUT2D eigenvalue weighted by molar-refractivity contribution is 7.88. The summed E-state index contributed by atoms with van der Waals surface area (Å²) in [5.74, 6) is -0.591. The first-order chi connectivity index (χ1) is 24.7. The zero-order valence-electron chi connectivity index (χ0n) is 26.7. The lowest BCUT2D eigenvalue weighted by molar-refractivity contribution is -0.0499. The molecule has 0 bridgehead atoms. The standard InChI is InChI=1S/C41H27F3N2O4S/c42-41(43,44)51(47,48)50-37-26-25-35(45(30-15-4-1-5-16-30)31-17-6-2-7-18-31)39-38-34(21-12-22-36(38)49-40(37)39)46(32-19-8-3-9-20-32)33-24-23-28-13-10-11-14-29(28)27-33/h1-27H. The van der Waals surface area contributed by atoms with Crippen LogP contribution in [0.5, 0.6) is 5.75 Å². The third-order valence-electron chi connectivity index (χ3n) is 8.57. The van der Waals surface area contributed by atoms with Gasteiger partial charge in [0.1, 0.15) is 5.58 Å². The Morgan fingerprint density at radius 2 is 1.04 bits per heavy atom. The Hall–Kier alpha value is -6.26. The van der Waals surface area contributed by atoms with Crippen LogP contribution in [0.4, 0.5) is 47.3 Å². The van der Waals surface area contributed by atoms with Crippen LogP contribution >= 0.6 is 0 Å². The molecule has 10 heteroatoms. The van der Waals surface area contributed by atoms with Crippen LogP contribution in [0.3, 0.4) is 0 Å². The molecule has 0 aliphatic carbocycles. The maximum absolute atomic E-state index is 13.7. The number of nitrogens with zero attached hydrogens (tertiary/aromatic N) is 2. The van der Waals surface area contributed by atoms with Gasteiger partial charge in [-0.3, -0.25) is 0 Å². The number of benzene rings is 7. The van der Waals surface area contributed by atoms with Crippen LogP contribution in [0.2, 0.25) is 0 Å². The fourth-order valence-corrected chi connectivity index (χ4v) is 6.83. The molecule has 252 valence electrons. The molecule has 0 aliphatic rings. The van der Waals surface area contributed by atoms with Crippen LogP contribution in [0.25, 0.3) is 32.7 Å². The van der Waals surface area contributed by atoms with Crippen molar-refractivity contribution >= 4 is 77.0 Å². The highest BCUT2D eigenvalue weighted by atomic mass is 32.2. The van der Waals surface area contributed by atoms with Gasteiger partial charge < -0.3 is 18.4 Å². The van der Waals surface area contributed by atoms with Gasteiger partial charge in [0.15, 0.2) is 11.3 Å². The van der Waals surface area contributed by atoms with Gasteiger partial charge in [-0.15, -0.1) is 0 Å². The molecule has 0 unspecified atom stereocenters. The first-order valence-corrected chi connectivity index (χ1v) is 17.3. The summed E-state index contributed by atoms with van der Waals surface area (Å²) in [4.78, 5) is 3.99. The Kier molecular flexibility index (Phi) is 7.88. The summed E-state index contributed by atoms with van der Waals surface area (Å²) in [7, 11) is -6.03. The van der Waals surface area contributed by atoms with E-state index < -0.39 is 21.4 Å². The lowest BCUT2D eigenvalue weighted by atomic mass is 10.0. The van der Waals surface area contributed by atoms with E-state index in [1.807, 2.05) is 143 Å². The maximum atomic E-state index is 13.7. The van der Waals surface area contributed by atoms with Gasteiger partial charge in [0, 0.05) is 22.7 Å². The molecule has 0 saturated carbocycles. The normalized spacial score (nSPS) is 12.0. The number of furan rings is 1. The molecule has 0 radical (unpaired) electrons. The fourth-order valence-electron chi connectivity index (χ4n) is 6.37. The van der Waals surface area contributed by atoms with Crippen molar-refractivity contribution in [2.75, 3.05) is 9.80 Å². The molecule has 8 rings (SSSR count). The van der Waals surface area contributed by atoms with Crippen LogP contribution in [-0.2, 0) is 10.1 Å². The van der Waals surface area contributed by atoms with Crippen molar-refractivity contribution in [1.29, 1.82) is 0 Å². The molecule has 0 aliphatic heterocycles. The minimum absolute atomic E-state index is 0.161. The number of fused-ring (bicyclic) bond motifs is 4. The van der Waals surface area contributed by atoms with E-state index >= 15 is 0 Å². The van der Waals surface area contributed by atoms with E-state index in [1.54, 1.807) is 18.2 Å². The second-order valence-electron chi connectivity index (χ2n) is 11.7. The monoisotopic (exact) mass is 700 g/mol. The van der Waals surface area contributed by atoms with E-state index in [-0.39, 0.29) is 5.58 Å². The third kappa shape index (κ3) is 5.79. The molecule has 7 aromatic carbocycles. The Balaban J connectivity index is 1.48. The molecule has 0 amide bonds. The number of hydrogen-bond donors (Lipinski definition) is 0. The molecule has 0 N–H and O–H groups in total. The van der Waals surface area contributed by atoms with E-state index in [0.717, 1.165) is 33.5 Å². The summed E-state index contributed by atoms with van der Waals surface area (Å²) in [6.07, 6.45) is 0. The van der Waals surface area contributed by atoms with Gasteiger partial charge in [0.05, 0.1) is 22.1 Å². The van der Waals surface area contributed by atoms with Crippen molar-refractivity contribution in [3.8, 4) is 5.75 Å². The Morgan fingerprint density at radius 1 is 0.510 bits per heavy atom. The average Bonchev–Trinajstić information content (AvgIpc) is 3.55. The lowest BCUT2D eigenvalue weighted by Gasteiger charge is -2.28. The first kappa shape index (κ1) is 32.0. The largest absolute Gasteiger partial charge is 0.534 e. The molecule has 0 saturated heterocycles. The highest BCUT2D eigenvalue weighted by Crippen LogP contribution is 2.50. The molecule has 51 heavy (non-hydrogen) atoms. The molecule has 1 heterocycles. The maximum Gasteiger partial charge on any atom is 0.534 e. The van der Waals surface area contributed by atoms with Gasteiger partial charge in [-0.05, 0) is 83.6 Å². The average molecular weight is 701 g/mol. The number of rotatable bonds is 8. The molecule has 8 aromatic rings. The molecular weight excluding hydrogens is 674 g/mol. The summed E-state index contributed by atoms with van der Waals surface area (Å²) < 4.78 is 76.9. The van der Waals surface area contributed by atoms with Gasteiger partial charge in [-0.2, -0.15) is 21.6 Å². The van der Waals surface area contributed by atoms with Gasteiger partial charge in [0.2, 0.25) is 0 Å². The number of anilines is 6. The minimum atomic E-state index is -6.03. The summed E-state index contributed by atoms with van der Waals surface area (Å²) in [5.41, 5.74) is -1.20. The molecule has 0 spiro atoms. The third-order valence-corrected chi connectivity index (χ3v) is 9.53. The Morgan fingerprint density at radius 3 is 1.63 bits per heavy atom. The van der Waals surface area contributed by atoms with Crippen molar-refractivity contribution in [3.63, 3.8) is 0 Å². The SMILES string of the molecule is O=S(=O)(Oc1ccc(N(c2ccccc2)c2ccccc2)c2c1oc1cccc(N(c3ccccc3)c3ccc4ccccc4c3)c12)C(F)(F)F. The highest BCUT2D eigenvalue weighted by Gasteiger charge is 2.49. The zero-order chi connectivity index (χ0) is 35.2. The summed E-state index contributed by atoms with van der Waals surface area (Å²) in [6, 6.07) is 50.8. The lowest BCUT2D eigenvalue weighted by Crippen LogP contribution is -2.28. The molecular formula is C41H27F3N2O4S. The van der Waals surface area contributed by atoms with Crippen molar-refractivity contribution in [2.45, 2.75) is 5.51 Å². The molecule has 0 fully saturated rings. The quantitative estimate of drug-likeness (QED) is 0.116. The predicted molar refractivity (Wildman–Crippen MR) is 196 cm³/mol. The minimum Gasteiger partial charge on any atom is -0.452 e. The van der Waals surface area contributed by atoms with Crippen molar-refractivity contribution in [3.05, 3.63) is 164 Å². The van der Waals surface area contributed by atoms with Crippen molar-refractivity contribution < 1.29 is 30.2 Å². The van der Waals surface area contributed by atoms with E-state index in [4.69, 9.17) is 8.60 Å². The topological polar surface area (TPSA) is 63.0 Å². The summed E-state index contributed by atoms with van der Waals surface area (Å²) in [5, 5.41) is 2.95. The first-order valence-electron chi connectivity index (χ1n) is 15.9. The van der Waals surface area contributed by atoms with Crippen LogP contribution in [0.15, 0.2) is 168 Å². The van der Waals surface area contributed by atoms with Crippen LogP contribution < -0.4 is 14.0 Å². The number of alkyl halides is 3.